The summed E-state index contributed by atoms with van der Waals surface area (Å²) in [7, 11) is -2.99. The Morgan fingerprint density at radius 2 is 1.90 bits per heavy atom. The summed E-state index contributed by atoms with van der Waals surface area (Å²) in [5, 5.41) is 12.1. The number of hydrogen-bond donors (Lipinski definition) is 2. The van der Waals surface area contributed by atoms with Gasteiger partial charge < -0.3 is 10.4 Å². The summed E-state index contributed by atoms with van der Waals surface area (Å²) in [4.78, 5) is -0.266. The topological polar surface area (TPSA) is 49.3 Å². The summed E-state index contributed by atoms with van der Waals surface area (Å²) < 4.78 is 48.0. The molecule has 1 aromatic carbocycles. The van der Waals surface area contributed by atoms with E-state index in [4.69, 9.17) is 5.11 Å². The van der Waals surface area contributed by atoms with Gasteiger partial charge in [0.2, 0.25) is 0 Å². The van der Waals surface area contributed by atoms with Crippen LogP contribution in [0.1, 0.15) is 6.42 Å². The van der Waals surface area contributed by atoms with Crippen LogP contribution in [0.2, 0.25) is 0 Å². The minimum Gasteiger partial charge on any atom is -0.396 e. The molecule has 0 saturated heterocycles. The van der Waals surface area contributed by atoms with Gasteiger partial charge in [0, 0.05) is 29.1 Å². The number of anilines is 1. The SMILES string of the molecule is O=S(c1ccc(N[C@@H]2C=C[C@H](CO)C2)cc1)C(F)(F)F. The van der Waals surface area contributed by atoms with Crippen LogP contribution in [0.5, 0.6) is 0 Å². The van der Waals surface area contributed by atoms with Gasteiger partial charge in [-0.2, -0.15) is 13.2 Å². The van der Waals surface area contributed by atoms with E-state index in [0.717, 1.165) is 6.42 Å². The van der Waals surface area contributed by atoms with Crippen LogP contribution in [0.4, 0.5) is 18.9 Å². The molecule has 0 aromatic heterocycles. The van der Waals surface area contributed by atoms with E-state index < -0.39 is 16.3 Å². The summed E-state index contributed by atoms with van der Waals surface area (Å²) in [6, 6.07) is 5.39. The number of aliphatic hydroxyl groups is 1. The largest absolute Gasteiger partial charge is 0.475 e. The summed E-state index contributed by atoms with van der Waals surface area (Å²) in [5.41, 5.74) is -4.08. The lowest BCUT2D eigenvalue weighted by Gasteiger charge is -2.14. The molecular formula is C13H14F3NO2S. The Balaban J connectivity index is 1.99. The molecule has 2 rings (SSSR count). The van der Waals surface area contributed by atoms with E-state index >= 15 is 0 Å². The maximum absolute atomic E-state index is 12.3. The van der Waals surface area contributed by atoms with E-state index in [9.17, 15) is 17.4 Å². The predicted octanol–water partition coefficient (Wildman–Crippen LogP) is 2.66. The van der Waals surface area contributed by atoms with Crippen molar-refractivity contribution < 1.29 is 22.5 Å². The van der Waals surface area contributed by atoms with Crippen LogP contribution in [0.25, 0.3) is 0 Å². The van der Waals surface area contributed by atoms with Crippen LogP contribution in [0.15, 0.2) is 41.3 Å². The average molecular weight is 305 g/mol. The highest BCUT2D eigenvalue weighted by molar-refractivity contribution is 7.86. The van der Waals surface area contributed by atoms with Crippen molar-refractivity contribution >= 4 is 16.5 Å². The Morgan fingerprint density at radius 1 is 1.25 bits per heavy atom. The molecule has 0 heterocycles. The van der Waals surface area contributed by atoms with Gasteiger partial charge in [-0.05, 0) is 30.7 Å². The van der Waals surface area contributed by atoms with Crippen LogP contribution in [-0.4, -0.2) is 27.5 Å². The quantitative estimate of drug-likeness (QED) is 0.841. The molecule has 2 N–H and O–H groups in total. The van der Waals surface area contributed by atoms with Gasteiger partial charge in [0.1, 0.15) is 0 Å². The van der Waals surface area contributed by atoms with Crippen LogP contribution in [0.3, 0.4) is 0 Å². The molecule has 0 spiro atoms. The third-order valence-corrected chi connectivity index (χ3v) is 4.16. The molecule has 7 heteroatoms. The third kappa shape index (κ3) is 3.61. The molecule has 0 amide bonds. The summed E-state index contributed by atoms with van der Waals surface area (Å²) in [6.45, 7) is 0.0815. The van der Waals surface area contributed by atoms with Crippen molar-refractivity contribution in [3.8, 4) is 0 Å². The molecule has 20 heavy (non-hydrogen) atoms. The van der Waals surface area contributed by atoms with Crippen molar-refractivity contribution in [2.45, 2.75) is 22.9 Å². The van der Waals surface area contributed by atoms with Crippen LogP contribution >= 0.6 is 0 Å². The molecule has 0 bridgehead atoms. The molecule has 1 unspecified atom stereocenters. The second-order valence-electron chi connectivity index (χ2n) is 4.55. The van der Waals surface area contributed by atoms with Gasteiger partial charge in [-0.25, -0.2) is 4.21 Å². The number of alkyl halides is 3. The summed E-state index contributed by atoms with van der Waals surface area (Å²) >= 11 is 0. The van der Waals surface area contributed by atoms with Gasteiger partial charge in [-0.15, -0.1) is 0 Å². The lowest BCUT2D eigenvalue weighted by atomic mass is 10.1. The molecule has 1 aliphatic carbocycles. The lowest BCUT2D eigenvalue weighted by Crippen LogP contribution is -2.17. The van der Waals surface area contributed by atoms with Crippen molar-refractivity contribution in [3.05, 3.63) is 36.4 Å². The maximum atomic E-state index is 12.3. The number of rotatable bonds is 4. The number of aliphatic hydroxyl groups excluding tert-OH is 1. The second kappa shape index (κ2) is 5.97. The fourth-order valence-electron chi connectivity index (χ4n) is 2.04. The molecule has 0 radical (unpaired) electrons. The zero-order valence-corrected chi connectivity index (χ0v) is 11.2. The fraction of sp³-hybridized carbons (Fsp3) is 0.385. The Morgan fingerprint density at radius 3 is 2.40 bits per heavy atom. The van der Waals surface area contributed by atoms with Gasteiger partial charge in [0.05, 0.1) is 0 Å². The number of hydrogen-bond acceptors (Lipinski definition) is 3. The summed E-state index contributed by atoms with van der Waals surface area (Å²) in [5.74, 6) is 0.115. The van der Waals surface area contributed by atoms with Gasteiger partial charge in [0.15, 0.2) is 10.8 Å². The minimum absolute atomic E-state index is 0.0473. The molecule has 110 valence electrons. The monoisotopic (exact) mass is 305 g/mol. The molecule has 0 aliphatic heterocycles. The fourth-order valence-corrected chi connectivity index (χ4v) is 2.69. The highest BCUT2D eigenvalue weighted by Crippen LogP contribution is 2.27. The first-order valence-corrected chi connectivity index (χ1v) is 7.19. The van der Waals surface area contributed by atoms with E-state index in [0.29, 0.717) is 5.69 Å². The van der Waals surface area contributed by atoms with E-state index in [1.54, 1.807) is 0 Å². The highest BCUT2D eigenvalue weighted by atomic mass is 32.2. The summed E-state index contributed by atoms with van der Waals surface area (Å²) in [6.07, 6.45) is 4.57. The standard InChI is InChI=1S/C13H14F3NO2S/c14-13(15,16)20(19)12-5-3-10(4-6-12)17-11-2-1-9(7-11)8-18/h1-6,9,11,17-18H,7-8H2/t9-,11+,20?/m0/s1. The first-order valence-electron chi connectivity index (χ1n) is 6.04. The molecule has 1 aliphatic rings. The van der Waals surface area contributed by atoms with Gasteiger partial charge in [0.25, 0.3) is 0 Å². The van der Waals surface area contributed by atoms with Crippen molar-refractivity contribution in [1.29, 1.82) is 0 Å². The third-order valence-electron chi connectivity index (χ3n) is 3.04. The molecular weight excluding hydrogens is 291 g/mol. The number of benzene rings is 1. The Labute approximate surface area is 117 Å². The predicted molar refractivity (Wildman–Crippen MR) is 70.6 cm³/mol. The van der Waals surface area contributed by atoms with Crippen LogP contribution < -0.4 is 5.32 Å². The van der Waals surface area contributed by atoms with Gasteiger partial charge in [-0.3, -0.25) is 0 Å². The second-order valence-corrected chi connectivity index (χ2v) is 6.02. The maximum Gasteiger partial charge on any atom is 0.475 e. The number of halogens is 3. The highest BCUT2D eigenvalue weighted by Gasteiger charge is 2.37. The molecule has 3 nitrogen and oxygen atoms in total. The van der Waals surface area contributed by atoms with Gasteiger partial charge in [-0.1, -0.05) is 12.2 Å². The molecule has 0 saturated carbocycles. The Bertz CT molecular complexity index is 513. The lowest BCUT2D eigenvalue weighted by molar-refractivity contribution is -0.0384. The number of nitrogens with one attached hydrogen (secondary N) is 1. The van der Waals surface area contributed by atoms with Crippen LogP contribution in [0, 0.1) is 5.92 Å². The van der Waals surface area contributed by atoms with Crippen molar-refractivity contribution in [2.24, 2.45) is 5.92 Å². The van der Waals surface area contributed by atoms with Gasteiger partial charge >= 0.3 is 5.51 Å². The zero-order chi connectivity index (χ0) is 14.8. The average Bonchev–Trinajstić information content (AvgIpc) is 2.85. The Hall–Kier alpha value is -1.34. The first kappa shape index (κ1) is 15.1. The molecule has 0 fully saturated rings. The zero-order valence-electron chi connectivity index (χ0n) is 10.4. The van der Waals surface area contributed by atoms with Crippen molar-refractivity contribution in [3.63, 3.8) is 0 Å². The van der Waals surface area contributed by atoms with E-state index in [1.807, 2.05) is 12.2 Å². The van der Waals surface area contributed by atoms with E-state index in [-0.39, 0.29) is 23.5 Å². The normalized spacial score (nSPS) is 23.8. The molecule has 1 aromatic rings. The van der Waals surface area contributed by atoms with Crippen molar-refractivity contribution in [2.75, 3.05) is 11.9 Å². The minimum atomic E-state index is -4.74. The van der Waals surface area contributed by atoms with E-state index in [1.165, 1.54) is 24.3 Å². The first-order chi connectivity index (χ1) is 9.40. The smallest absolute Gasteiger partial charge is 0.396 e. The Kier molecular flexibility index (Phi) is 4.49. The molecule has 3 atom stereocenters. The van der Waals surface area contributed by atoms with Crippen LogP contribution in [-0.2, 0) is 10.8 Å². The van der Waals surface area contributed by atoms with Crippen molar-refractivity contribution in [1.82, 2.24) is 0 Å². The van der Waals surface area contributed by atoms with E-state index in [2.05, 4.69) is 5.32 Å².